The first-order valence-corrected chi connectivity index (χ1v) is 7.82. The Morgan fingerprint density at radius 2 is 2.20 bits per heavy atom. The Kier molecular flexibility index (Phi) is 3.04. The molecule has 0 aromatic carbocycles. The number of thioether (sulfide) groups is 1. The fourth-order valence-corrected chi connectivity index (χ4v) is 3.88. The van der Waals surface area contributed by atoms with Crippen molar-refractivity contribution in [3.63, 3.8) is 0 Å². The Labute approximate surface area is 121 Å². The number of rotatable bonds is 2. The van der Waals surface area contributed by atoms with E-state index in [1.807, 2.05) is 24.0 Å². The number of nitrogens with one attached hydrogen (secondary N) is 3. The van der Waals surface area contributed by atoms with Crippen LogP contribution in [-0.4, -0.2) is 40.7 Å². The number of hydrazine groups is 2. The summed E-state index contributed by atoms with van der Waals surface area (Å²) in [5.41, 5.74) is 4.86. The highest BCUT2D eigenvalue weighted by Crippen LogP contribution is 2.32. The predicted octanol–water partition coefficient (Wildman–Crippen LogP) is 0.354. The first-order chi connectivity index (χ1) is 9.90. The third-order valence-corrected chi connectivity index (χ3v) is 5.01. The summed E-state index contributed by atoms with van der Waals surface area (Å²) in [5, 5.41) is 21.6. The van der Waals surface area contributed by atoms with Crippen LogP contribution >= 0.6 is 11.8 Å². The van der Waals surface area contributed by atoms with Crippen molar-refractivity contribution in [2.45, 2.75) is 18.2 Å². The first kappa shape index (κ1) is 12.1. The van der Waals surface area contributed by atoms with Gasteiger partial charge in [-0.1, -0.05) is 0 Å². The van der Waals surface area contributed by atoms with Gasteiger partial charge in [0.15, 0.2) is 6.34 Å². The number of hydrazone groups is 2. The van der Waals surface area contributed by atoms with Gasteiger partial charge in [-0.15, -0.1) is 27.1 Å². The molecule has 0 spiro atoms. The average Bonchev–Trinajstić information content (AvgIpc) is 3.16. The van der Waals surface area contributed by atoms with Crippen LogP contribution in [0.15, 0.2) is 33.6 Å². The molecule has 0 amide bonds. The van der Waals surface area contributed by atoms with Crippen LogP contribution in [0.3, 0.4) is 0 Å². The largest absolute Gasteiger partial charge is 0.371 e. The maximum atomic E-state index is 4.53. The molecule has 8 heteroatoms. The Hall–Kier alpha value is -1.67. The molecular formula is C12H17N7S. The number of hydrogen-bond acceptors (Lipinski definition) is 8. The van der Waals surface area contributed by atoms with E-state index >= 15 is 0 Å². The van der Waals surface area contributed by atoms with E-state index in [1.54, 1.807) is 16.6 Å². The maximum Gasteiger partial charge on any atom is 0.159 e. The Balaban J connectivity index is 1.43. The molecule has 0 bridgehead atoms. The van der Waals surface area contributed by atoms with E-state index in [0.717, 1.165) is 30.4 Å². The standard InChI is InChI=1S/C12H17N7S/c1-4-13-5-2-9(1)12-15-11(7-20-12)10-3-6-18-17-14-8-19(18)16-10/h3,6-9,12-13,15,17H,1-2,4-5H2. The highest BCUT2D eigenvalue weighted by Gasteiger charge is 2.29. The van der Waals surface area contributed by atoms with Gasteiger partial charge in [0.05, 0.1) is 17.3 Å². The van der Waals surface area contributed by atoms with E-state index in [2.05, 4.69) is 31.8 Å². The zero-order chi connectivity index (χ0) is 13.4. The van der Waals surface area contributed by atoms with E-state index in [4.69, 9.17) is 0 Å². The summed E-state index contributed by atoms with van der Waals surface area (Å²) in [6.07, 6.45) is 8.04. The fraction of sp³-hybridized carbons (Fsp3) is 0.500. The zero-order valence-electron chi connectivity index (χ0n) is 11.0. The molecular weight excluding hydrogens is 274 g/mol. The van der Waals surface area contributed by atoms with Crippen molar-refractivity contribution in [3.05, 3.63) is 23.4 Å². The molecule has 20 heavy (non-hydrogen) atoms. The topological polar surface area (TPSA) is 67.3 Å². The van der Waals surface area contributed by atoms with Crippen LogP contribution in [0.4, 0.5) is 0 Å². The molecule has 1 atom stereocenters. The molecule has 4 aliphatic rings. The van der Waals surface area contributed by atoms with Gasteiger partial charge in [0.1, 0.15) is 5.71 Å². The summed E-state index contributed by atoms with van der Waals surface area (Å²) in [7, 11) is 0. The molecule has 0 aliphatic carbocycles. The molecule has 0 radical (unpaired) electrons. The third kappa shape index (κ3) is 2.14. The molecule has 0 saturated carbocycles. The SMILES string of the molecule is C1=CN2NN=CN2N=C1C1=CSC(C2CCNCC2)N1. The number of allylic oxidation sites excluding steroid dienone is 1. The predicted molar refractivity (Wildman–Crippen MR) is 80.1 cm³/mol. The van der Waals surface area contributed by atoms with Crippen molar-refractivity contribution in [3.8, 4) is 0 Å². The lowest BCUT2D eigenvalue weighted by Crippen LogP contribution is -2.40. The fourth-order valence-electron chi connectivity index (χ4n) is 2.72. The van der Waals surface area contributed by atoms with Gasteiger partial charge in [0.2, 0.25) is 0 Å². The van der Waals surface area contributed by atoms with Crippen molar-refractivity contribution >= 4 is 23.8 Å². The summed E-state index contributed by atoms with van der Waals surface area (Å²) in [5.74, 6) is 0.731. The van der Waals surface area contributed by atoms with Gasteiger partial charge in [-0.3, -0.25) is 0 Å². The minimum absolute atomic E-state index is 0.478. The molecule has 3 N–H and O–H groups in total. The van der Waals surface area contributed by atoms with Crippen molar-refractivity contribution < 1.29 is 0 Å². The molecule has 106 valence electrons. The van der Waals surface area contributed by atoms with Crippen molar-refractivity contribution in [1.29, 1.82) is 0 Å². The first-order valence-electron chi connectivity index (χ1n) is 6.87. The second-order valence-electron chi connectivity index (χ2n) is 5.13. The quantitative estimate of drug-likeness (QED) is 0.682. The van der Waals surface area contributed by atoms with E-state index in [9.17, 15) is 0 Å². The lowest BCUT2D eigenvalue weighted by atomic mass is 9.97. The van der Waals surface area contributed by atoms with Crippen LogP contribution in [-0.2, 0) is 0 Å². The Morgan fingerprint density at radius 1 is 1.30 bits per heavy atom. The van der Waals surface area contributed by atoms with Crippen LogP contribution in [0, 0.1) is 5.92 Å². The van der Waals surface area contributed by atoms with Gasteiger partial charge in [0.25, 0.3) is 0 Å². The normalized spacial score (nSPS) is 28.9. The van der Waals surface area contributed by atoms with E-state index in [0.29, 0.717) is 5.37 Å². The van der Waals surface area contributed by atoms with Crippen LogP contribution in [0.1, 0.15) is 12.8 Å². The van der Waals surface area contributed by atoms with Gasteiger partial charge >= 0.3 is 0 Å². The van der Waals surface area contributed by atoms with Crippen LogP contribution in [0.5, 0.6) is 0 Å². The van der Waals surface area contributed by atoms with Gasteiger partial charge in [-0.25, -0.2) is 0 Å². The summed E-state index contributed by atoms with van der Waals surface area (Å²) >= 11 is 1.88. The van der Waals surface area contributed by atoms with Crippen molar-refractivity contribution in [1.82, 2.24) is 26.4 Å². The molecule has 1 fully saturated rings. The second-order valence-corrected chi connectivity index (χ2v) is 6.15. The van der Waals surface area contributed by atoms with Gasteiger partial charge in [0, 0.05) is 0 Å². The molecule has 0 aromatic rings. The van der Waals surface area contributed by atoms with Crippen LogP contribution < -0.4 is 16.2 Å². The maximum absolute atomic E-state index is 4.53. The summed E-state index contributed by atoms with van der Waals surface area (Å²) in [4.78, 5) is 0. The van der Waals surface area contributed by atoms with E-state index < -0.39 is 0 Å². The minimum Gasteiger partial charge on any atom is -0.371 e. The number of fused-ring (bicyclic) bond motifs is 1. The van der Waals surface area contributed by atoms with E-state index in [-0.39, 0.29) is 0 Å². The third-order valence-electron chi connectivity index (χ3n) is 3.84. The van der Waals surface area contributed by atoms with Crippen LogP contribution in [0.2, 0.25) is 0 Å². The van der Waals surface area contributed by atoms with Gasteiger partial charge in [-0.05, 0) is 43.3 Å². The molecule has 7 nitrogen and oxygen atoms in total. The highest BCUT2D eigenvalue weighted by atomic mass is 32.2. The molecule has 4 aliphatic heterocycles. The lowest BCUT2D eigenvalue weighted by molar-refractivity contribution is 0.0792. The monoisotopic (exact) mass is 291 g/mol. The highest BCUT2D eigenvalue weighted by molar-refractivity contribution is 8.03. The average molecular weight is 291 g/mol. The van der Waals surface area contributed by atoms with Crippen LogP contribution in [0.25, 0.3) is 0 Å². The second kappa shape index (κ2) is 5.02. The molecule has 0 aromatic heterocycles. The summed E-state index contributed by atoms with van der Waals surface area (Å²) in [6.45, 7) is 2.26. The zero-order valence-corrected chi connectivity index (χ0v) is 11.8. The van der Waals surface area contributed by atoms with Crippen molar-refractivity contribution in [2.75, 3.05) is 13.1 Å². The molecule has 4 heterocycles. The van der Waals surface area contributed by atoms with E-state index in [1.165, 1.54) is 12.8 Å². The lowest BCUT2D eigenvalue weighted by Gasteiger charge is -2.29. The summed E-state index contributed by atoms with van der Waals surface area (Å²) < 4.78 is 0. The number of hydrogen-bond donors (Lipinski definition) is 3. The Bertz CT molecular complexity index is 506. The number of nitrogens with zero attached hydrogens (tertiary/aromatic N) is 4. The number of piperidine rings is 1. The van der Waals surface area contributed by atoms with Gasteiger partial charge < -0.3 is 10.6 Å². The smallest absolute Gasteiger partial charge is 0.159 e. The molecule has 1 saturated heterocycles. The summed E-state index contributed by atoms with van der Waals surface area (Å²) in [6, 6.07) is 0. The molecule has 1 unspecified atom stereocenters. The minimum atomic E-state index is 0.478. The molecule has 4 rings (SSSR count). The van der Waals surface area contributed by atoms with Crippen molar-refractivity contribution in [2.24, 2.45) is 16.1 Å². The Morgan fingerprint density at radius 3 is 3.10 bits per heavy atom. The van der Waals surface area contributed by atoms with Gasteiger partial charge in [-0.2, -0.15) is 10.7 Å².